The molecule has 3 aliphatic rings. The molecule has 5 aromatic rings. The Morgan fingerprint density at radius 1 is 1.09 bits per heavy atom. The third-order valence-electron chi connectivity index (χ3n) is 10.6. The minimum atomic E-state index is -5.12. The second kappa shape index (κ2) is 15.2. The third kappa shape index (κ3) is 7.46. The third-order valence-corrected chi connectivity index (χ3v) is 11.9. The number of amides is 1. The molecule has 2 fully saturated rings. The maximum atomic E-state index is 15.6. The number of aromatic nitrogens is 5. The van der Waals surface area contributed by atoms with Crippen LogP contribution in [0.2, 0.25) is 0 Å². The van der Waals surface area contributed by atoms with Gasteiger partial charge in [0.05, 0.1) is 37.0 Å². The summed E-state index contributed by atoms with van der Waals surface area (Å²) < 4.78 is 114. The lowest BCUT2D eigenvalue weighted by Gasteiger charge is -2.24. The summed E-state index contributed by atoms with van der Waals surface area (Å²) in [6.45, 7) is 4.79. The summed E-state index contributed by atoms with van der Waals surface area (Å²) in [6, 6.07) is 8.79. The molecule has 10 nitrogen and oxygen atoms in total. The van der Waals surface area contributed by atoms with E-state index in [4.69, 9.17) is 14.8 Å². The number of rotatable bonds is 8. The summed E-state index contributed by atoms with van der Waals surface area (Å²) in [7, 11) is 1.41. The van der Waals surface area contributed by atoms with Gasteiger partial charge in [-0.15, -0.1) is 10.7 Å². The van der Waals surface area contributed by atoms with E-state index in [0.29, 0.717) is 61.4 Å². The molecule has 0 bridgehead atoms. The zero-order valence-corrected chi connectivity index (χ0v) is 32.2. The number of morpholine rings is 1. The Kier molecular flexibility index (Phi) is 10.3. The quantitative estimate of drug-likeness (QED) is 0.0944. The first kappa shape index (κ1) is 39.6. The molecule has 2 aromatic carbocycles. The number of hydrogen-bond acceptors (Lipinski definition) is 7. The molecule has 1 saturated carbocycles. The van der Waals surface area contributed by atoms with Crippen LogP contribution in [0.15, 0.2) is 48.5 Å². The van der Waals surface area contributed by atoms with Crippen molar-refractivity contribution in [3.63, 3.8) is 0 Å². The van der Waals surface area contributed by atoms with E-state index in [-0.39, 0.29) is 45.1 Å². The highest BCUT2D eigenvalue weighted by atomic mass is 32.2. The van der Waals surface area contributed by atoms with Crippen molar-refractivity contribution in [2.75, 3.05) is 43.8 Å². The Bertz CT molecular complexity index is 2510. The molecule has 58 heavy (non-hydrogen) atoms. The Labute approximate surface area is 330 Å². The minimum Gasteiger partial charge on any atom is -0.379 e. The summed E-state index contributed by atoms with van der Waals surface area (Å²) in [5.41, 5.74) is -1.34. The van der Waals surface area contributed by atoms with Crippen LogP contribution in [0.1, 0.15) is 59.2 Å². The summed E-state index contributed by atoms with van der Waals surface area (Å²) in [6.07, 6.45) is -3.65. The summed E-state index contributed by atoms with van der Waals surface area (Å²) in [5.74, 6) is -1.35. The molecule has 4 atom stereocenters. The molecule has 1 aliphatic heterocycles. The lowest BCUT2D eigenvalue weighted by molar-refractivity contribution is -0.142. The number of nitrogens with zero attached hydrogens (tertiary/aromatic N) is 6. The monoisotopic (exact) mass is 826 g/mol. The van der Waals surface area contributed by atoms with Gasteiger partial charge in [0.25, 0.3) is 5.92 Å². The van der Waals surface area contributed by atoms with Crippen molar-refractivity contribution >= 4 is 38.8 Å². The number of carbonyl (C=O) groups is 1. The number of hydrogen-bond donors (Lipinski definition) is 2. The summed E-state index contributed by atoms with van der Waals surface area (Å²) in [5, 5.41) is 13.4. The van der Waals surface area contributed by atoms with Crippen molar-refractivity contribution in [1.82, 2.24) is 34.8 Å². The average Bonchev–Trinajstić information content (AvgIpc) is 3.69. The van der Waals surface area contributed by atoms with Gasteiger partial charge in [-0.2, -0.15) is 36.8 Å². The van der Waals surface area contributed by atoms with E-state index >= 15 is 8.78 Å². The SMILES string of the molecule is C/C=S(\C)Nc1nn(C)c2c(-c3ccc(C#CCN4CCOCC4)nc3[C@H](Cc3cc(F)cc(F)c3)NC(=O)n3nc(C(F)(F)F)c4c3C(F)(F)[C@@H]3C[C@H]43)cccc12. The van der Waals surface area contributed by atoms with E-state index in [2.05, 4.69) is 31.9 Å². The first-order valence-corrected chi connectivity index (χ1v) is 20.1. The first-order valence-electron chi connectivity index (χ1n) is 18.4. The lowest BCUT2D eigenvalue weighted by atomic mass is 9.94. The molecule has 2 aliphatic carbocycles. The molecular formula is C40H37F7N8O2S. The number of anilines is 1. The topological polar surface area (TPSA) is 102 Å². The van der Waals surface area contributed by atoms with Crippen LogP contribution in [0.3, 0.4) is 0 Å². The molecule has 3 aromatic heterocycles. The van der Waals surface area contributed by atoms with Gasteiger partial charge in [-0.3, -0.25) is 9.58 Å². The van der Waals surface area contributed by atoms with Crippen molar-refractivity contribution in [3.05, 3.63) is 94.1 Å². The van der Waals surface area contributed by atoms with Crippen LogP contribution >= 0.6 is 10.7 Å². The van der Waals surface area contributed by atoms with E-state index in [9.17, 15) is 26.7 Å². The number of nitrogens with one attached hydrogen (secondary N) is 2. The number of benzene rings is 2. The minimum absolute atomic E-state index is 0.0450. The van der Waals surface area contributed by atoms with Gasteiger partial charge in [-0.05, 0) is 79.1 Å². The van der Waals surface area contributed by atoms with Crippen molar-refractivity contribution < 1.29 is 40.3 Å². The van der Waals surface area contributed by atoms with Crippen LogP contribution in [0, 0.1) is 29.4 Å². The summed E-state index contributed by atoms with van der Waals surface area (Å²) in [4.78, 5) is 21.1. The second-order valence-electron chi connectivity index (χ2n) is 14.5. The van der Waals surface area contributed by atoms with Crippen LogP contribution in [-0.2, 0) is 30.3 Å². The Morgan fingerprint density at radius 2 is 1.83 bits per heavy atom. The number of halogens is 7. The number of para-hydroxylation sites is 1. The normalized spacial score (nSPS) is 19.6. The highest BCUT2D eigenvalue weighted by molar-refractivity contribution is 8.15. The fourth-order valence-electron chi connectivity index (χ4n) is 7.82. The molecule has 0 spiro atoms. The van der Waals surface area contributed by atoms with Gasteiger partial charge in [0.1, 0.15) is 23.0 Å². The zero-order chi connectivity index (χ0) is 41.1. The standard InChI is InChI=1S/C40H37F7N8O2S/c1-4-58(3)52-37-28-9-5-8-27(34(28)53(2)51-37)26-11-10-25(7-6-12-54-13-15-57-16-14-54)48-33(26)31(19-22-17-23(41)20-24(42)18-22)49-38(56)55-36-32(35(50-55)40(45,46)47)29-21-30(29)39(36,43)44/h4-5,8-11,17-18,20,29-31H,12-16,19,21H2,1-3H3,(H,49,56)(H,51,52)/t29-,30+,31-,58?/m0/s1. The van der Waals surface area contributed by atoms with Gasteiger partial charge in [0, 0.05) is 54.2 Å². The first-order chi connectivity index (χ1) is 27.6. The number of carbonyl (C=O) groups excluding carboxylic acids is 1. The maximum Gasteiger partial charge on any atom is 0.435 e. The van der Waals surface area contributed by atoms with Gasteiger partial charge in [0.15, 0.2) is 11.5 Å². The summed E-state index contributed by atoms with van der Waals surface area (Å²) >= 11 is 0. The maximum absolute atomic E-state index is 15.6. The van der Waals surface area contributed by atoms with Crippen LogP contribution < -0.4 is 10.0 Å². The molecule has 2 N–H and O–H groups in total. The molecule has 1 unspecified atom stereocenters. The number of aryl methyl sites for hydroxylation is 1. The molecule has 1 amide bonds. The largest absolute Gasteiger partial charge is 0.435 e. The van der Waals surface area contributed by atoms with Crippen LogP contribution in [-0.4, -0.2) is 79.9 Å². The van der Waals surface area contributed by atoms with Gasteiger partial charge < -0.3 is 14.8 Å². The van der Waals surface area contributed by atoms with Crippen molar-refractivity contribution in [2.24, 2.45) is 13.0 Å². The smallest absolute Gasteiger partial charge is 0.379 e. The molecule has 8 rings (SSSR count). The predicted octanol–water partition coefficient (Wildman–Crippen LogP) is 7.61. The fourth-order valence-corrected chi connectivity index (χ4v) is 8.39. The van der Waals surface area contributed by atoms with Crippen molar-refractivity contribution in [2.45, 2.75) is 43.8 Å². The van der Waals surface area contributed by atoms with Crippen LogP contribution in [0.4, 0.5) is 41.3 Å². The lowest BCUT2D eigenvalue weighted by Crippen LogP contribution is -2.37. The Morgan fingerprint density at radius 3 is 2.53 bits per heavy atom. The van der Waals surface area contributed by atoms with Crippen molar-refractivity contribution in [1.29, 1.82) is 0 Å². The number of alkyl halides is 5. The van der Waals surface area contributed by atoms with Gasteiger partial charge in [-0.25, -0.2) is 18.6 Å². The van der Waals surface area contributed by atoms with Gasteiger partial charge in [0.2, 0.25) is 0 Å². The molecule has 1 saturated heterocycles. The number of pyridine rings is 1. The van der Waals surface area contributed by atoms with E-state index < -0.39 is 64.6 Å². The van der Waals surface area contributed by atoms with E-state index in [0.717, 1.165) is 17.5 Å². The molecule has 18 heteroatoms. The Hall–Kier alpha value is -5.25. The highest BCUT2D eigenvalue weighted by Gasteiger charge is 2.68. The highest BCUT2D eigenvalue weighted by Crippen LogP contribution is 2.68. The molecular weight excluding hydrogens is 790 g/mol. The van der Waals surface area contributed by atoms with Crippen LogP contribution in [0.5, 0.6) is 0 Å². The van der Waals surface area contributed by atoms with Crippen molar-refractivity contribution in [3.8, 4) is 23.0 Å². The number of fused-ring (bicyclic) bond motifs is 4. The second-order valence-corrected chi connectivity index (χ2v) is 16.3. The van der Waals surface area contributed by atoms with E-state index in [1.807, 2.05) is 24.6 Å². The van der Waals surface area contributed by atoms with E-state index in [1.165, 1.54) is 0 Å². The van der Waals surface area contributed by atoms with Gasteiger partial charge in [-0.1, -0.05) is 18.1 Å². The average molecular weight is 827 g/mol. The van der Waals surface area contributed by atoms with Gasteiger partial charge >= 0.3 is 12.2 Å². The Balaban J connectivity index is 1.28. The van der Waals surface area contributed by atoms with Crippen LogP contribution in [0.25, 0.3) is 22.0 Å². The fraction of sp³-hybridized carbons (Fsp3) is 0.375. The predicted molar refractivity (Wildman–Crippen MR) is 206 cm³/mol. The number of ether oxygens (including phenoxy) is 1. The zero-order valence-electron chi connectivity index (χ0n) is 31.4. The molecule has 4 heterocycles. The molecule has 0 radical (unpaired) electrons. The molecule has 304 valence electrons. The van der Waals surface area contributed by atoms with E-state index in [1.54, 1.807) is 36.0 Å².